The van der Waals surface area contributed by atoms with Gasteiger partial charge in [-0.3, -0.25) is 9.78 Å². The molecule has 2 aromatic heterocycles. The Morgan fingerprint density at radius 2 is 1.76 bits per heavy atom. The Balaban J connectivity index is 1.22. The molecule has 45 heavy (non-hydrogen) atoms. The topological polar surface area (TPSA) is 87.1 Å². The van der Waals surface area contributed by atoms with Crippen LogP contribution in [0.5, 0.6) is 0 Å². The molecule has 8 heteroatoms. The van der Waals surface area contributed by atoms with Crippen LogP contribution in [0.4, 0.5) is 5.69 Å². The fourth-order valence-corrected chi connectivity index (χ4v) is 6.77. The molecule has 4 aromatic rings. The standard InChI is InChI=1S/C37H45N7O/c1-7-31-26(20-38-21-27-15-17-36(45)40-27)14-16-33(41-31)30-12-8-10-28(23(30)2)29-11-9-13-32(24(29)3)39-25(4)37-42-34-22-43(5)19-18-35(34)44(37)6/h8-14,16,27,38-39H,4,7,15,17-22H2,1-3,5-6H3,(H,40,45). The summed E-state index contributed by atoms with van der Waals surface area (Å²) in [5.74, 6) is 1.04. The Labute approximate surface area is 267 Å². The Bertz CT molecular complexity index is 1750. The van der Waals surface area contributed by atoms with Gasteiger partial charge in [-0.05, 0) is 73.7 Å². The molecule has 0 radical (unpaired) electrons. The van der Waals surface area contributed by atoms with Gasteiger partial charge in [-0.25, -0.2) is 4.98 Å². The van der Waals surface area contributed by atoms with Crippen molar-refractivity contribution in [2.75, 3.05) is 25.5 Å². The number of nitrogens with one attached hydrogen (secondary N) is 3. The smallest absolute Gasteiger partial charge is 0.220 e. The first-order chi connectivity index (χ1) is 21.7. The minimum Gasteiger partial charge on any atom is -0.353 e. The summed E-state index contributed by atoms with van der Waals surface area (Å²) in [4.78, 5) is 23.9. The molecule has 2 aliphatic rings. The largest absolute Gasteiger partial charge is 0.353 e. The maximum absolute atomic E-state index is 11.5. The summed E-state index contributed by atoms with van der Waals surface area (Å²) in [5.41, 5.74) is 13.5. The zero-order valence-electron chi connectivity index (χ0n) is 27.3. The lowest BCUT2D eigenvalue weighted by Gasteiger charge is -2.21. The van der Waals surface area contributed by atoms with Crippen LogP contribution < -0.4 is 16.0 Å². The summed E-state index contributed by atoms with van der Waals surface area (Å²) >= 11 is 0. The van der Waals surface area contributed by atoms with Gasteiger partial charge in [0, 0.05) is 74.7 Å². The maximum Gasteiger partial charge on any atom is 0.220 e. The SMILES string of the molecule is C=C(Nc1cccc(-c2cccc(-c3ccc(CNCC4CCC(=O)N4)c(CC)n3)c2C)c1C)c1nc2c(n1C)CCN(C)C2. The highest BCUT2D eigenvalue weighted by atomic mass is 16.1. The molecule has 0 aliphatic carbocycles. The van der Waals surface area contributed by atoms with E-state index in [0.29, 0.717) is 6.42 Å². The van der Waals surface area contributed by atoms with E-state index in [1.807, 2.05) is 0 Å². The zero-order valence-corrected chi connectivity index (χ0v) is 27.3. The molecule has 2 aromatic carbocycles. The van der Waals surface area contributed by atoms with Crippen molar-refractivity contribution in [1.29, 1.82) is 0 Å². The van der Waals surface area contributed by atoms with Crippen molar-refractivity contribution in [2.24, 2.45) is 7.05 Å². The van der Waals surface area contributed by atoms with Crippen LogP contribution in [0.15, 0.2) is 55.1 Å². The molecule has 1 fully saturated rings. The first kappa shape index (κ1) is 30.7. The number of imidazole rings is 1. The van der Waals surface area contributed by atoms with Crippen LogP contribution in [0, 0.1) is 13.8 Å². The van der Waals surface area contributed by atoms with Crippen LogP contribution >= 0.6 is 0 Å². The number of hydrogen-bond donors (Lipinski definition) is 3. The molecule has 1 atom stereocenters. The highest BCUT2D eigenvalue weighted by molar-refractivity contribution is 5.84. The molecule has 0 saturated carbocycles. The van der Waals surface area contributed by atoms with Gasteiger partial charge in [-0.15, -0.1) is 0 Å². The Morgan fingerprint density at radius 1 is 1.00 bits per heavy atom. The predicted molar refractivity (Wildman–Crippen MR) is 183 cm³/mol. The zero-order chi connectivity index (χ0) is 31.7. The van der Waals surface area contributed by atoms with Crippen molar-refractivity contribution in [2.45, 2.75) is 65.6 Å². The first-order valence-electron chi connectivity index (χ1n) is 16.1. The van der Waals surface area contributed by atoms with E-state index in [0.717, 1.165) is 85.3 Å². The number of fused-ring (bicyclic) bond motifs is 1. The second kappa shape index (κ2) is 13.0. The van der Waals surface area contributed by atoms with E-state index < -0.39 is 0 Å². The van der Waals surface area contributed by atoms with Crippen molar-refractivity contribution in [3.63, 3.8) is 0 Å². The molecule has 234 valence electrons. The number of benzene rings is 2. The number of amides is 1. The van der Waals surface area contributed by atoms with E-state index in [1.165, 1.54) is 33.5 Å². The number of carbonyl (C=O) groups excluding carboxylic acids is 1. The molecule has 0 spiro atoms. The van der Waals surface area contributed by atoms with Gasteiger partial charge >= 0.3 is 0 Å². The Morgan fingerprint density at radius 3 is 2.51 bits per heavy atom. The molecule has 2 aliphatic heterocycles. The number of anilines is 1. The summed E-state index contributed by atoms with van der Waals surface area (Å²) in [6.45, 7) is 14.3. The number of carbonyl (C=O) groups is 1. The Hall–Kier alpha value is -4.27. The van der Waals surface area contributed by atoms with Crippen LogP contribution in [-0.4, -0.2) is 51.5 Å². The van der Waals surface area contributed by atoms with Crippen LogP contribution in [0.25, 0.3) is 28.1 Å². The normalized spacial score (nSPS) is 16.5. The van der Waals surface area contributed by atoms with Gasteiger partial charge in [0.25, 0.3) is 0 Å². The maximum atomic E-state index is 11.5. The molecular weight excluding hydrogens is 558 g/mol. The predicted octanol–water partition coefficient (Wildman–Crippen LogP) is 5.77. The van der Waals surface area contributed by atoms with Gasteiger partial charge in [-0.1, -0.05) is 49.9 Å². The molecule has 4 heterocycles. The number of likely N-dealkylation sites (N-methyl/N-ethyl adjacent to an activating group) is 1. The molecule has 0 bridgehead atoms. The van der Waals surface area contributed by atoms with Crippen LogP contribution in [0.1, 0.15) is 59.4 Å². The molecule has 1 amide bonds. The number of nitrogens with zero attached hydrogens (tertiary/aromatic N) is 4. The van der Waals surface area contributed by atoms with Crippen molar-refractivity contribution in [3.8, 4) is 22.4 Å². The minimum absolute atomic E-state index is 0.152. The molecular formula is C37H45N7O. The lowest BCUT2D eigenvalue weighted by atomic mass is 9.91. The summed E-state index contributed by atoms with van der Waals surface area (Å²) < 4.78 is 2.19. The number of rotatable bonds is 10. The summed E-state index contributed by atoms with van der Waals surface area (Å²) in [6.07, 6.45) is 3.39. The van der Waals surface area contributed by atoms with Gasteiger partial charge in [0.15, 0.2) is 5.82 Å². The third kappa shape index (κ3) is 6.30. The van der Waals surface area contributed by atoms with E-state index >= 15 is 0 Å². The van der Waals surface area contributed by atoms with Gasteiger partial charge in [0.1, 0.15) is 0 Å². The first-order valence-corrected chi connectivity index (χ1v) is 16.1. The fraction of sp³-hybridized carbons (Fsp3) is 0.378. The van der Waals surface area contributed by atoms with Crippen LogP contribution in [0.3, 0.4) is 0 Å². The van der Waals surface area contributed by atoms with E-state index in [1.54, 1.807) is 0 Å². The lowest BCUT2D eigenvalue weighted by molar-refractivity contribution is -0.119. The monoisotopic (exact) mass is 603 g/mol. The van der Waals surface area contributed by atoms with E-state index in [9.17, 15) is 4.79 Å². The minimum atomic E-state index is 0.152. The number of aromatic nitrogens is 3. The lowest BCUT2D eigenvalue weighted by Crippen LogP contribution is -2.35. The Kier molecular flexibility index (Phi) is 8.88. The second-order valence-electron chi connectivity index (χ2n) is 12.5. The van der Waals surface area contributed by atoms with Crippen molar-refractivity contribution >= 4 is 17.3 Å². The van der Waals surface area contributed by atoms with Gasteiger partial charge in [0.2, 0.25) is 5.91 Å². The second-order valence-corrected chi connectivity index (χ2v) is 12.5. The van der Waals surface area contributed by atoms with E-state index in [2.05, 4.69) is 115 Å². The highest BCUT2D eigenvalue weighted by Gasteiger charge is 2.23. The number of pyridine rings is 1. The van der Waals surface area contributed by atoms with Crippen LogP contribution in [-0.2, 0) is 37.8 Å². The van der Waals surface area contributed by atoms with Crippen molar-refractivity contribution < 1.29 is 4.79 Å². The van der Waals surface area contributed by atoms with E-state index in [4.69, 9.17) is 9.97 Å². The van der Waals surface area contributed by atoms with Crippen molar-refractivity contribution in [3.05, 3.63) is 94.7 Å². The van der Waals surface area contributed by atoms with E-state index in [-0.39, 0.29) is 11.9 Å². The van der Waals surface area contributed by atoms with Crippen molar-refractivity contribution in [1.82, 2.24) is 30.1 Å². The van der Waals surface area contributed by atoms with Gasteiger partial charge in [-0.2, -0.15) is 0 Å². The van der Waals surface area contributed by atoms with Gasteiger partial charge in [0.05, 0.1) is 17.1 Å². The average molecular weight is 604 g/mol. The average Bonchev–Trinajstić information content (AvgIpc) is 3.60. The number of hydrogen-bond acceptors (Lipinski definition) is 6. The molecule has 8 nitrogen and oxygen atoms in total. The van der Waals surface area contributed by atoms with Crippen LogP contribution in [0.2, 0.25) is 0 Å². The number of aryl methyl sites for hydroxylation is 1. The summed E-state index contributed by atoms with van der Waals surface area (Å²) in [5, 5.41) is 10.1. The highest BCUT2D eigenvalue weighted by Crippen LogP contribution is 2.36. The summed E-state index contributed by atoms with van der Waals surface area (Å²) in [7, 11) is 4.24. The van der Waals surface area contributed by atoms with Gasteiger partial charge < -0.3 is 25.4 Å². The molecule has 6 rings (SSSR count). The fourth-order valence-electron chi connectivity index (χ4n) is 6.77. The third-order valence-electron chi connectivity index (χ3n) is 9.43. The molecule has 3 N–H and O–H groups in total. The quantitative estimate of drug-likeness (QED) is 0.214. The third-order valence-corrected chi connectivity index (χ3v) is 9.43. The molecule has 1 saturated heterocycles. The summed E-state index contributed by atoms with van der Waals surface area (Å²) in [6, 6.07) is 17.5. The molecule has 1 unspecified atom stereocenters.